The van der Waals surface area contributed by atoms with Gasteiger partial charge in [-0.2, -0.15) is 0 Å². The van der Waals surface area contributed by atoms with E-state index in [2.05, 4.69) is 0 Å². The molecule has 0 spiro atoms. The van der Waals surface area contributed by atoms with E-state index in [0.717, 1.165) is 18.6 Å². The first-order valence-corrected chi connectivity index (χ1v) is 10.6. The van der Waals surface area contributed by atoms with Crippen molar-refractivity contribution >= 4 is 23.4 Å². The van der Waals surface area contributed by atoms with Gasteiger partial charge in [-0.05, 0) is 74.2 Å². The predicted molar refractivity (Wildman–Crippen MR) is 113 cm³/mol. The molecule has 29 heavy (non-hydrogen) atoms. The molecule has 1 heterocycles. The highest BCUT2D eigenvalue weighted by molar-refractivity contribution is 6.30. The summed E-state index contributed by atoms with van der Waals surface area (Å²) in [7, 11) is 0. The van der Waals surface area contributed by atoms with E-state index in [1.54, 1.807) is 34.1 Å². The molecule has 0 radical (unpaired) electrons. The second-order valence-electron chi connectivity index (χ2n) is 7.64. The van der Waals surface area contributed by atoms with Crippen molar-refractivity contribution in [1.82, 2.24) is 9.80 Å². The second-order valence-corrected chi connectivity index (χ2v) is 8.08. The molecule has 5 nitrogen and oxygen atoms in total. The molecule has 0 atom stereocenters. The summed E-state index contributed by atoms with van der Waals surface area (Å²) in [5, 5.41) is 0.608. The molecule has 2 aromatic rings. The van der Waals surface area contributed by atoms with Crippen molar-refractivity contribution in [3.63, 3.8) is 0 Å². The van der Waals surface area contributed by atoms with Crippen LogP contribution in [0.2, 0.25) is 5.02 Å². The van der Waals surface area contributed by atoms with E-state index in [1.807, 2.05) is 24.3 Å². The van der Waals surface area contributed by atoms with E-state index in [-0.39, 0.29) is 11.8 Å². The first kappa shape index (κ1) is 19.8. The first-order valence-electron chi connectivity index (χ1n) is 10.2. The van der Waals surface area contributed by atoms with Crippen molar-refractivity contribution in [3.8, 4) is 5.75 Å². The third-order valence-electron chi connectivity index (χ3n) is 5.65. The number of ether oxygens (including phenoxy) is 1. The Labute approximate surface area is 176 Å². The minimum atomic E-state index is -0.0258. The molecule has 1 aliphatic carbocycles. The average Bonchev–Trinajstić information content (AvgIpc) is 3.27. The summed E-state index contributed by atoms with van der Waals surface area (Å²) in [6.45, 7) is 2.10. The molecule has 1 aliphatic heterocycles. The normalized spacial score (nSPS) is 17.4. The zero-order valence-corrected chi connectivity index (χ0v) is 17.1. The average molecular weight is 413 g/mol. The molecule has 2 aromatic carbocycles. The van der Waals surface area contributed by atoms with Crippen molar-refractivity contribution in [2.75, 3.05) is 26.2 Å². The lowest BCUT2D eigenvalue weighted by Gasteiger charge is -2.35. The number of hydrogen-bond acceptors (Lipinski definition) is 3. The highest BCUT2D eigenvalue weighted by Gasteiger charge is 2.25. The summed E-state index contributed by atoms with van der Waals surface area (Å²) in [5.74, 6) is 0.796. The van der Waals surface area contributed by atoms with Gasteiger partial charge in [0.15, 0.2) is 0 Å². The van der Waals surface area contributed by atoms with Gasteiger partial charge in [0.25, 0.3) is 11.8 Å². The molecular formula is C23H25ClN2O3. The minimum absolute atomic E-state index is 0.00370. The quantitative estimate of drug-likeness (QED) is 0.753. The molecule has 2 fully saturated rings. The molecule has 2 amide bonds. The van der Waals surface area contributed by atoms with E-state index in [0.29, 0.717) is 48.4 Å². The largest absolute Gasteiger partial charge is 0.490 e. The fourth-order valence-electron chi connectivity index (χ4n) is 3.94. The Kier molecular flexibility index (Phi) is 6.05. The van der Waals surface area contributed by atoms with E-state index in [1.165, 1.54) is 12.8 Å². The highest BCUT2D eigenvalue weighted by atomic mass is 35.5. The number of rotatable bonds is 4. The summed E-state index contributed by atoms with van der Waals surface area (Å²) in [4.78, 5) is 29.0. The van der Waals surface area contributed by atoms with Crippen LogP contribution in [-0.2, 0) is 0 Å². The van der Waals surface area contributed by atoms with Crippen molar-refractivity contribution in [1.29, 1.82) is 0 Å². The zero-order chi connectivity index (χ0) is 20.2. The molecule has 152 valence electrons. The molecular weight excluding hydrogens is 388 g/mol. The van der Waals surface area contributed by atoms with Gasteiger partial charge in [-0.15, -0.1) is 0 Å². The number of halogens is 1. The number of piperazine rings is 1. The van der Waals surface area contributed by atoms with Crippen molar-refractivity contribution < 1.29 is 14.3 Å². The van der Waals surface area contributed by atoms with Gasteiger partial charge in [0.05, 0.1) is 6.10 Å². The lowest BCUT2D eigenvalue weighted by Crippen LogP contribution is -2.50. The Hall–Kier alpha value is -2.53. The van der Waals surface area contributed by atoms with E-state index in [4.69, 9.17) is 16.3 Å². The molecule has 0 bridgehead atoms. The van der Waals surface area contributed by atoms with Gasteiger partial charge >= 0.3 is 0 Å². The smallest absolute Gasteiger partial charge is 0.253 e. The third kappa shape index (κ3) is 4.73. The Morgan fingerprint density at radius 2 is 1.21 bits per heavy atom. The van der Waals surface area contributed by atoms with Gasteiger partial charge in [0, 0.05) is 42.3 Å². The van der Waals surface area contributed by atoms with Gasteiger partial charge in [0.1, 0.15) is 5.75 Å². The molecule has 0 N–H and O–H groups in total. The van der Waals surface area contributed by atoms with Crippen molar-refractivity contribution in [3.05, 3.63) is 64.7 Å². The Bertz CT molecular complexity index is 853. The van der Waals surface area contributed by atoms with Crippen LogP contribution in [0.15, 0.2) is 48.5 Å². The third-order valence-corrected chi connectivity index (χ3v) is 5.90. The number of carbonyl (C=O) groups excluding carboxylic acids is 2. The van der Waals surface area contributed by atoms with Crippen LogP contribution in [0.1, 0.15) is 46.4 Å². The fourth-order valence-corrected chi connectivity index (χ4v) is 4.07. The number of nitrogens with zero attached hydrogens (tertiary/aromatic N) is 2. The maximum Gasteiger partial charge on any atom is 0.253 e. The van der Waals surface area contributed by atoms with Crippen LogP contribution in [0, 0.1) is 0 Å². The van der Waals surface area contributed by atoms with Crippen molar-refractivity contribution in [2.45, 2.75) is 31.8 Å². The summed E-state index contributed by atoms with van der Waals surface area (Å²) in [6, 6.07) is 14.3. The minimum Gasteiger partial charge on any atom is -0.490 e. The van der Waals surface area contributed by atoms with E-state index < -0.39 is 0 Å². The Morgan fingerprint density at radius 3 is 1.69 bits per heavy atom. The van der Waals surface area contributed by atoms with Gasteiger partial charge < -0.3 is 14.5 Å². The number of carbonyl (C=O) groups is 2. The lowest BCUT2D eigenvalue weighted by molar-refractivity contribution is 0.0535. The first-order chi connectivity index (χ1) is 14.1. The maximum atomic E-state index is 12.8. The van der Waals surface area contributed by atoms with Gasteiger partial charge in [-0.25, -0.2) is 0 Å². The van der Waals surface area contributed by atoms with E-state index in [9.17, 15) is 9.59 Å². The summed E-state index contributed by atoms with van der Waals surface area (Å²) < 4.78 is 5.97. The van der Waals surface area contributed by atoms with Crippen LogP contribution in [0.5, 0.6) is 5.75 Å². The Morgan fingerprint density at radius 1 is 0.759 bits per heavy atom. The SMILES string of the molecule is O=C(c1ccc(Cl)cc1)N1CCN(C(=O)c2ccc(OC3CCCC3)cc2)CC1. The second kappa shape index (κ2) is 8.87. The molecule has 0 aromatic heterocycles. The van der Waals surface area contributed by atoms with Crippen LogP contribution in [0.3, 0.4) is 0 Å². The lowest BCUT2D eigenvalue weighted by atomic mass is 10.1. The predicted octanol–water partition coefficient (Wildman–Crippen LogP) is 4.26. The molecule has 0 unspecified atom stereocenters. The van der Waals surface area contributed by atoms with Crippen molar-refractivity contribution in [2.24, 2.45) is 0 Å². The van der Waals surface area contributed by atoms with Crippen LogP contribution < -0.4 is 4.74 Å². The van der Waals surface area contributed by atoms with Crippen LogP contribution in [0.25, 0.3) is 0 Å². The summed E-state index contributed by atoms with van der Waals surface area (Å²) in [5.41, 5.74) is 1.27. The molecule has 4 rings (SSSR count). The monoisotopic (exact) mass is 412 g/mol. The number of hydrogen-bond donors (Lipinski definition) is 0. The summed E-state index contributed by atoms with van der Waals surface area (Å²) >= 11 is 5.89. The molecule has 1 saturated heterocycles. The Balaban J connectivity index is 1.31. The van der Waals surface area contributed by atoms with Crippen LogP contribution in [0.4, 0.5) is 0 Å². The van der Waals surface area contributed by atoms with Gasteiger partial charge in [-0.1, -0.05) is 11.6 Å². The summed E-state index contributed by atoms with van der Waals surface area (Å²) in [6.07, 6.45) is 4.99. The van der Waals surface area contributed by atoms with Crippen LogP contribution >= 0.6 is 11.6 Å². The zero-order valence-electron chi connectivity index (χ0n) is 16.4. The van der Waals surface area contributed by atoms with Gasteiger partial charge in [-0.3, -0.25) is 9.59 Å². The fraction of sp³-hybridized carbons (Fsp3) is 0.391. The topological polar surface area (TPSA) is 49.9 Å². The molecule has 6 heteroatoms. The van der Waals surface area contributed by atoms with Crippen LogP contribution in [-0.4, -0.2) is 53.9 Å². The molecule has 1 saturated carbocycles. The van der Waals surface area contributed by atoms with Gasteiger partial charge in [0.2, 0.25) is 0 Å². The van der Waals surface area contributed by atoms with E-state index >= 15 is 0 Å². The number of benzene rings is 2. The standard InChI is InChI=1S/C23H25ClN2O3/c24-19-9-5-17(6-10-19)22(27)25-13-15-26(16-14-25)23(28)18-7-11-21(12-8-18)29-20-3-1-2-4-20/h5-12,20H,1-4,13-16H2. The molecule has 2 aliphatic rings. The number of amides is 2. The maximum absolute atomic E-state index is 12.8. The highest BCUT2D eigenvalue weighted by Crippen LogP contribution is 2.24.